The number of aromatic nitrogens is 2. The summed E-state index contributed by atoms with van der Waals surface area (Å²) < 4.78 is 24.4. The largest absolute Gasteiger partial charge is 0.490 e. The van der Waals surface area contributed by atoms with Crippen LogP contribution in [0.5, 0.6) is 5.75 Å². The van der Waals surface area contributed by atoms with Gasteiger partial charge in [-0.2, -0.15) is 0 Å². The predicted octanol–water partition coefficient (Wildman–Crippen LogP) is 5.56. The maximum atomic E-state index is 13.5. The summed E-state index contributed by atoms with van der Waals surface area (Å²) >= 11 is 0. The minimum absolute atomic E-state index is 0. The molecule has 0 bridgehead atoms. The number of carbonyl (C=O) groups excluding carboxylic acids is 1. The molecule has 0 unspecified atom stereocenters. The highest BCUT2D eigenvalue weighted by molar-refractivity contribution is 5.96. The van der Waals surface area contributed by atoms with Gasteiger partial charge in [0.05, 0.1) is 12.1 Å². The molecule has 4 aromatic rings. The van der Waals surface area contributed by atoms with Gasteiger partial charge in [-0.3, -0.25) is 4.98 Å². The zero-order valence-electron chi connectivity index (χ0n) is 18.5. The second-order valence-electron chi connectivity index (χ2n) is 7.24. The van der Waals surface area contributed by atoms with Crippen molar-refractivity contribution in [1.82, 2.24) is 15.3 Å². The Labute approximate surface area is 209 Å². The molecule has 0 aliphatic rings. The molecule has 2 heterocycles. The van der Waals surface area contributed by atoms with Crippen LogP contribution < -0.4 is 10.1 Å². The number of fused-ring (bicyclic) bond motifs is 1. The fourth-order valence-electron chi connectivity index (χ4n) is 3.44. The topological polar surface area (TPSA) is 76.2 Å². The Kier molecular flexibility index (Phi) is 10.3. The van der Waals surface area contributed by atoms with Crippen molar-refractivity contribution >= 4 is 41.7 Å². The minimum Gasteiger partial charge on any atom is -0.490 e. The lowest BCUT2D eigenvalue weighted by Crippen LogP contribution is -2.20. The van der Waals surface area contributed by atoms with Crippen LogP contribution in [0.1, 0.15) is 23.0 Å². The average Bonchev–Trinajstić information content (AvgIpc) is 3.25. The maximum absolute atomic E-state index is 13.5. The van der Waals surface area contributed by atoms with Gasteiger partial charge in [-0.15, -0.1) is 24.8 Å². The number of nitrogens with one attached hydrogen (secondary N) is 2. The number of pyridine rings is 1. The van der Waals surface area contributed by atoms with Crippen molar-refractivity contribution in [3.8, 4) is 16.9 Å². The second-order valence-corrected chi connectivity index (χ2v) is 7.24. The van der Waals surface area contributed by atoms with Crippen molar-refractivity contribution < 1.29 is 18.7 Å². The van der Waals surface area contributed by atoms with E-state index in [-0.39, 0.29) is 36.6 Å². The molecule has 0 fully saturated rings. The van der Waals surface area contributed by atoms with Crippen molar-refractivity contribution in [1.29, 1.82) is 0 Å². The number of esters is 1. The summed E-state index contributed by atoms with van der Waals surface area (Å²) in [7, 11) is 0. The molecule has 0 atom stereocenters. The van der Waals surface area contributed by atoms with Gasteiger partial charge in [-0.05, 0) is 48.4 Å². The van der Waals surface area contributed by atoms with E-state index in [9.17, 15) is 9.18 Å². The molecule has 34 heavy (non-hydrogen) atoms. The molecule has 0 radical (unpaired) electrons. The molecule has 2 aromatic carbocycles. The van der Waals surface area contributed by atoms with Gasteiger partial charge >= 0.3 is 5.97 Å². The highest BCUT2D eigenvalue weighted by atomic mass is 35.5. The standard InChI is InChI=1S/C25H24FN3O3.2ClH/c1-2-31-25(30)22-13-19-6-4-8-23(24(19)29-22)32-10-9-27-14-17-11-20(16-28-15-17)18-5-3-7-21(26)12-18;;/h3-8,11-13,15-16,27,29H,2,9-10,14H2,1H3;2*1H. The molecule has 9 heteroatoms. The number of nitrogens with zero attached hydrogens (tertiary/aromatic N) is 1. The van der Waals surface area contributed by atoms with E-state index < -0.39 is 0 Å². The molecular formula is C25H26Cl2FN3O3. The van der Waals surface area contributed by atoms with E-state index in [2.05, 4.69) is 15.3 Å². The zero-order valence-corrected chi connectivity index (χ0v) is 20.2. The van der Waals surface area contributed by atoms with E-state index in [0.29, 0.717) is 37.7 Å². The average molecular weight is 506 g/mol. The van der Waals surface area contributed by atoms with Gasteiger partial charge in [0, 0.05) is 36.4 Å². The van der Waals surface area contributed by atoms with Gasteiger partial charge in [-0.1, -0.05) is 24.3 Å². The summed E-state index contributed by atoms with van der Waals surface area (Å²) in [5.74, 6) is 0.0228. The van der Waals surface area contributed by atoms with E-state index in [4.69, 9.17) is 9.47 Å². The van der Waals surface area contributed by atoms with Crippen LogP contribution in [0.3, 0.4) is 0 Å². The van der Waals surface area contributed by atoms with Crippen LogP contribution in [-0.2, 0) is 11.3 Å². The predicted molar refractivity (Wildman–Crippen MR) is 136 cm³/mol. The Morgan fingerprint density at radius 3 is 2.68 bits per heavy atom. The summed E-state index contributed by atoms with van der Waals surface area (Å²) in [6.45, 7) is 3.77. The third-order valence-electron chi connectivity index (χ3n) is 4.93. The summed E-state index contributed by atoms with van der Waals surface area (Å²) in [5.41, 5.74) is 3.83. The van der Waals surface area contributed by atoms with Crippen molar-refractivity contribution in [2.45, 2.75) is 13.5 Å². The maximum Gasteiger partial charge on any atom is 0.354 e. The summed E-state index contributed by atoms with van der Waals surface area (Å²) in [6.07, 6.45) is 3.51. The van der Waals surface area contributed by atoms with Gasteiger partial charge in [0.1, 0.15) is 23.9 Å². The molecule has 180 valence electrons. The Bertz CT molecular complexity index is 1230. The van der Waals surface area contributed by atoms with Gasteiger partial charge in [-0.25, -0.2) is 9.18 Å². The van der Waals surface area contributed by atoms with E-state index in [1.54, 1.807) is 31.5 Å². The molecule has 0 amide bonds. The van der Waals surface area contributed by atoms with Crippen LogP contribution in [0, 0.1) is 5.82 Å². The molecule has 0 saturated carbocycles. The fraction of sp³-hybridized carbons (Fsp3) is 0.200. The number of para-hydroxylation sites is 1. The van der Waals surface area contributed by atoms with Crippen LogP contribution >= 0.6 is 24.8 Å². The molecule has 6 nitrogen and oxygen atoms in total. The number of aromatic amines is 1. The first-order chi connectivity index (χ1) is 15.6. The van der Waals surface area contributed by atoms with Crippen molar-refractivity contribution in [2.75, 3.05) is 19.8 Å². The highest BCUT2D eigenvalue weighted by Crippen LogP contribution is 2.26. The Hall–Kier alpha value is -3.13. The molecule has 2 N–H and O–H groups in total. The van der Waals surface area contributed by atoms with Crippen molar-refractivity contribution in [3.05, 3.63) is 84.1 Å². The number of hydrogen-bond acceptors (Lipinski definition) is 5. The lowest BCUT2D eigenvalue weighted by Gasteiger charge is -2.09. The van der Waals surface area contributed by atoms with E-state index >= 15 is 0 Å². The first-order valence-corrected chi connectivity index (χ1v) is 10.5. The lowest BCUT2D eigenvalue weighted by atomic mass is 10.1. The van der Waals surface area contributed by atoms with Gasteiger partial charge in [0.2, 0.25) is 0 Å². The Balaban J connectivity index is 0.00000204. The highest BCUT2D eigenvalue weighted by Gasteiger charge is 2.12. The van der Waals surface area contributed by atoms with Gasteiger partial charge in [0.25, 0.3) is 0 Å². The summed E-state index contributed by atoms with van der Waals surface area (Å²) in [4.78, 5) is 19.3. The monoisotopic (exact) mass is 505 g/mol. The smallest absolute Gasteiger partial charge is 0.354 e. The number of rotatable bonds is 9. The zero-order chi connectivity index (χ0) is 22.3. The third kappa shape index (κ3) is 6.70. The summed E-state index contributed by atoms with van der Waals surface area (Å²) in [6, 6.07) is 15.9. The number of halogens is 3. The number of hydrogen-bond donors (Lipinski definition) is 2. The van der Waals surface area contributed by atoms with Crippen LogP contribution in [0.15, 0.2) is 67.0 Å². The number of H-pyrrole nitrogens is 1. The van der Waals surface area contributed by atoms with Gasteiger partial charge in [0.15, 0.2) is 0 Å². The first-order valence-electron chi connectivity index (χ1n) is 10.5. The molecule has 4 rings (SSSR count). The number of benzene rings is 2. The number of ether oxygens (including phenoxy) is 2. The van der Waals surface area contributed by atoms with Crippen molar-refractivity contribution in [3.63, 3.8) is 0 Å². The second kappa shape index (κ2) is 12.9. The molecule has 2 aromatic heterocycles. The quantitative estimate of drug-likeness (QED) is 0.230. The SMILES string of the molecule is CCOC(=O)c1cc2cccc(OCCNCc3cncc(-c4cccc(F)c4)c3)c2[nH]1.Cl.Cl. The van der Waals surface area contributed by atoms with E-state index in [0.717, 1.165) is 27.6 Å². The fourth-order valence-corrected chi connectivity index (χ4v) is 3.44. The molecule has 0 aliphatic carbocycles. The first kappa shape index (κ1) is 27.1. The Morgan fingerprint density at radius 1 is 1.06 bits per heavy atom. The van der Waals surface area contributed by atoms with Crippen molar-refractivity contribution in [2.24, 2.45) is 0 Å². The minimum atomic E-state index is -0.384. The third-order valence-corrected chi connectivity index (χ3v) is 4.93. The molecule has 0 saturated heterocycles. The number of carbonyl (C=O) groups is 1. The van der Waals surface area contributed by atoms with E-state index in [1.165, 1.54) is 12.1 Å². The van der Waals surface area contributed by atoms with Gasteiger partial charge < -0.3 is 19.8 Å². The normalized spacial score (nSPS) is 10.3. The van der Waals surface area contributed by atoms with Crippen LogP contribution in [-0.4, -0.2) is 35.7 Å². The van der Waals surface area contributed by atoms with E-state index in [1.807, 2.05) is 30.3 Å². The molecule has 0 spiro atoms. The van der Waals surface area contributed by atoms with Crippen LogP contribution in [0.4, 0.5) is 4.39 Å². The van der Waals surface area contributed by atoms with Crippen LogP contribution in [0.2, 0.25) is 0 Å². The molecule has 0 aliphatic heterocycles. The molecular weight excluding hydrogens is 480 g/mol. The summed E-state index contributed by atoms with van der Waals surface area (Å²) in [5, 5.41) is 4.21. The Morgan fingerprint density at radius 2 is 1.88 bits per heavy atom. The lowest BCUT2D eigenvalue weighted by molar-refractivity contribution is 0.0520. The van der Waals surface area contributed by atoms with Crippen LogP contribution in [0.25, 0.3) is 22.0 Å².